The van der Waals surface area contributed by atoms with E-state index < -0.39 is 0 Å². The Morgan fingerprint density at radius 2 is 2.46 bits per heavy atom. The minimum Gasteiger partial charge on any atom is -0.298 e. The van der Waals surface area contributed by atoms with Crippen molar-refractivity contribution in [3.05, 3.63) is 10.6 Å². The van der Waals surface area contributed by atoms with Gasteiger partial charge in [0.15, 0.2) is 0 Å². The number of hydrogen-bond donors (Lipinski definition) is 0. The molecule has 1 aromatic rings. The Morgan fingerprint density at radius 1 is 1.62 bits per heavy atom. The average molecular weight is 214 g/mol. The van der Waals surface area contributed by atoms with Crippen LogP contribution >= 0.6 is 23.1 Å². The molecular weight excluding hydrogens is 200 g/mol. The van der Waals surface area contributed by atoms with Crippen LogP contribution in [-0.4, -0.2) is 29.2 Å². The molecule has 0 aliphatic carbocycles. The Labute approximate surface area is 87.4 Å². The number of aromatic nitrogens is 1. The van der Waals surface area contributed by atoms with Crippen LogP contribution in [0, 0.1) is 0 Å². The molecule has 1 aliphatic heterocycles. The summed E-state index contributed by atoms with van der Waals surface area (Å²) < 4.78 is 1.22. The standard InChI is InChI=1S/C9H14N2S2/c1-3-11-5-4-7-8(6-11)13-9(10-7)12-2/h3-6H2,1-2H3. The SMILES string of the molecule is CCN1CCc2nc(SC)sc2C1. The quantitative estimate of drug-likeness (QED) is 0.702. The van der Waals surface area contributed by atoms with E-state index >= 15 is 0 Å². The molecule has 0 aromatic carbocycles. The largest absolute Gasteiger partial charge is 0.298 e. The molecule has 0 bridgehead atoms. The van der Waals surface area contributed by atoms with Crippen LogP contribution in [-0.2, 0) is 13.0 Å². The second kappa shape index (κ2) is 3.98. The molecule has 4 heteroatoms. The van der Waals surface area contributed by atoms with Crippen molar-refractivity contribution in [2.24, 2.45) is 0 Å². The fraction of sp³-hybridized carbons (Fsp3) is 0.667. The number of thioether (sulfide) groups is 1. The van der Waals surface area contributed by atoms with Gasteiger partial charge >= 0.3 is 0 Å². The molecule has 0 unspecified atom stereocenters. The van der Waals surface area contributed by atoms with Gasteiger partial charge in [-0.15, -0.1) is 11.3 Å². The summed E-state index contributed by atoms with van der Waals surface area (Å²) in [4.78, 5) is 8.55. The summed E-state index contributed by atoms with van der Waals surface area (Å²) in [6.07, 6.45) is 3.24. The van der Waals surface area contributed by atoms with Crippen LogP contribution < -0.4 is 0 Å². The molecule has 0 N–H and O–H groups in total. The lowest BCUT2D eigenvalue weighted by Crippen LogP contribution is -2.29. The van der Waals surface area contributed by atoms with E-state index in [0.29, 0.717) is 0 Å². The fourth-order valence-corrected chi connectivity index (χ4v) is 3.30. The van der Waals surface area contributed by atoms with Crippen molar-refractivity contribution in [2.45, 2.75) is 24.2 Å². The molecule has 2 heterocycles. The highest BCUT2D eigenvalue weighted by Gasteiger charge is 2.18. The van der Waals surface area contributed by atoms with Crippen LogP contribution in [0.1, 0.15) is 17.5 Å². The number of likely N-dealkylation sites (N-methyl/N-ethyl adjacent to an activating group) is 1. The fourth-order valence-electron chi connectivity index (χ4n) is 1.58. The summed E-state index contributed by atoms with van der Waals surface area (Å²) >= 11 is 3.62. The van der Waals surface area contributed by atoms with Gasteiger partial charge in [0.25, 0.3) is 0 Å². The van der Waals surface area contributed by atoms with Crippen LogP contribution in [0.5, 0.6) is 0 Å². The van der Waals surface area contributed by atoms with Crippen molar-refractivity contribution in [3.63, 3.8) is 0 Å². The van der Waals surface area contributed by atoms with Crippen LogP contribution in [0.15, 0.2) is 4.34 Å². The molecule has 13 heavy (non-hydrogen) atoms. The van der Waals surface area contributed by atoms with Gasteiger partial charge in [-0.3, -0.25) is 4.90 Å². The first kappa shape index (κ1) is 9.49. The van der Waals surface area contributed by atoms with Gasteiger partial charge in [0.05, 0.1) is 5.69 Å². The van der Waals surface area contributed by atoms with Crippen molar-refractivity contribution in [1.29, 1.82) is 0 Å². The lowest BCUT2D eigenvalue weighted by Gasteiger charge is -2.23. The molecule has 72 valence electrons. The lowest BCUT2D eigenvalue weighted by molar-refractivity contribution is 0.269. The summed E-state index contributed by atoms with van der Waals surface area (Å²) in [5, 5.41) is 0. The molecule has 0 saturated heterocycles. The molecule has 0 saturated carbocycles. The molecule has 0 radical (unpaired) electrons. The zero-order valence-electron chi connectivity index (χ0n) is 8.04. The smallest absolute Gasteiger partial charge is 0.150 e. The van der Waals surface area contributed by atoms with Gasteiger partial charge in [-0.1, -0.05) is 18.7 Å². The molecule has 0 spiro atoms. The molecule has 1 aromatic heterocycles. The summed E-state index contributed by atoms with van der Waals surface area (Å²) in [5.74, 6) is 0. The maximum absolute atomic E-state index is 4.59. The molecule has 1 aliphatic rings. The Balaban J connectivity index is 2.19. The maximum atomic E-state index is 4.59. The van der Waals surface area contributed by atoms with Gasteiger partial charge in [-0.2, -0.15) is 0 Å². The highest BCUT2D eigenvalue weighted by Crippen LogP contribution is 2.29. The molecule has 0 fully saturated rings. The Hall–Kier alpha value is -0.0600. The van der Waals surface area contributed by atoms with Crippen LogP contribution in [0.2, 0.25) is 0 Å². The van der Waals surface area contributed by atoms with Gasteiger partial charge in [-0.25, -0.2) is 4.98 Å². The average Bonchev–Trinajstić information content (AvgIpc) is 2.58. The third-order valence-corrected chi connectivity index (χ3v) is 4.48. The summed E-state index contributed by atoms with van der Waals surface area (Å²) in [5.41, 5.74) is 1.35. The van der Waals surface area contributed by atoms with E-state index in [4.69, 9.17) is 0 Å². The summed E-state index contributed by atoms with van der Waals surface area (Å²) in [6.45, 7) is 5.68. The molecule has 0 amide bonds. The minimum absolute atomic E-state index is 1.12. The van der Waals surface area contributed by atoms with Crippen molar-refractivity contribution in [1.82, 2.24) is 9.88 Å². The van der Waals surface area contributed by atoms with Crippen LogP contribution in [0.4, 0.5) is 0 Å². The van der Waals surface area contributed by atoms with Gasteiger partial charge in [0, 0.05) is 24.4 Å². The lowest BCUT2D eigenvalue weighted by atomic mass is 10.2. The monoisotopic (exact) mass is 214 g/mol. The highest BCUT2D eigenvalue weighted by molar-refractivity contribution is 8.00. The predicted molar refractivity (Wildman–Crippen MR) is 58.6 cm³/mol. The number of fused-ring (bicyclic) bond motifs is 1. The Morgan fingerprint density at radius 3 is 3.15 bits per heavy atom. The first-order valence-electron chi connectivity index (χ1n) is 4.58. The van der Waals surface area contributed by atoms with Crippen LogP contribution in [0.3, 0.4) is 0 Å². The maximum Gasteiger partial charge on any atom is 0.150 e. The normalized spacial score (nSPS) is 17.4. The Kier molecular flexibility index (Phi) is 2.91. The first-order chi connectivity index (χ1) is 6.33. The third kappa shape index (κ3) is 1.90. The second-order valence-electron chi connectivity index (χ2n) is 3.17. The molecule has 2 nitrogen and oxygen atoms in total. The van der Waals surface area contributed by atoms with E-state index in [1.54, 1.807) is 11.8 Å². The zero-order chi connectivity index (χ0) is 9.26. The first-order valence-corrected chi connectivity index (χ1v) is 6.62. The van der Waals surface area contributed by atoms with E-state index in [1.807, 2.05) is 11.3 Å². The second-order valence-corrected chi connectivity index (χ2v) is 5.31. The van der Waals surface area contributed by atoms with E-state index in [-0.39, 0.29) is 0 Å². The highest BCUT2D eigenvalue weighted by atomic mass is 32.2. The van der Waals surface area contributed by atoms with Gasteiger partial charge in [0.2, 0.25) is 0 Å². The molecule has 0 atom stereocenters. The topological polar surface area (TPSA) is 16.1 Å². The predicted octanol–water partition coefficient (Wildman–Crippen LogP) is 2.24. The molecular formula is C9H14N2S2. The van der Waals surface area contributed by atoms with E-state index in [0.717, 1.165) is 19.5 Å². The van der Waals surface area contributed by atoms with E-state index in [1.165, 1.54) is 21.5 Å². The number of nitrogens with zero attached hydrogens (tertiary/aromatic N) is 2. The minimum atomic E-state index is 1.12. The van der Waals surface area contributed by atoms with Gasteiger partial charge in [0.1, 0.15) is 4.34 Å². The number of rotatable bonds is 2. The van der Waals surface area contributed by atoms with Crippen molar-refractivity contribution < 1.29 is 0 Å². The summed E-state index contributed by atoms with van der Waals surface area (Å²) in [7, 11) is 0. The Bertz CT molecular complexity index is 296. The third-order valence-electron chi connectivity index (χ3n) is 2.41. The number of thiazole rings is 1. The van der Waals surface area contributed by atoms with Crippen molar-refractivity contribution in [2.75, 3.05) is 19.3 Å². The van der Waals surface area contributed by atoms with Crippen LogP contribution in [0.25, 0.3) is 0 Å². The van der Waals surface area contributed by atoms with Crippen molar-refractivity contribution in [3.8, 4) is 0 Å². The van der Waals surface area contributed by atoms with E-state index in [2.05, 4.69) is 23.1 Å². The van der Waals surface area contributed by atoms with Gasteiger partial charge in [-0.05, 0) is 12.8 Å². The van der Waals surface area contributed by atoms with Crippen molar-refractivity contribution >= 4 is 23.1 Å². The molecule has 2 rings (SSSR count). The van der Waals surface area contributed by atoms with Gasteiger partial charge < -0.3 is 0 Å². The van der Waals surface area contributed by atoms with E-state index in [9.17, 15) is 0 Å². The number of hydrogen-bond acceptors (Lipinski definition) is 4. The zero-order valence-corrected chi connectivity index (χ0v) is 9.67. The summed E-state index contributed by atoms with van der Waals surface area (Å²) in [6, 6.07) is 0.